The van der Waals surface area contributed by atoms with Crippen LogP contribution in [-0.4, -0.2) is 23.1 Å². The molecule has 4 heteroatoms. The van der Waals surface area contributed by atoms with E-state index in [-0.39, 0.29) is 18.5 Å². The quantitative estimate of drug-likeness (QED) is 0.0802. The van der Waals surface area contributed by atoms with E-state index < -0.39 is 5.97 Å². The molecule has 0 bridgehead atoms. The molecule has 0 spiro atoms. The maximum atomic E-state index is 12.5. The van der Waals surface area contributed by atoms with Crippen LogP contribution in [0.1, 0.15) is 187 Å². The van der Waals surface area contributed by atoms with Crippen LogP contribution in [0.4, 0.5) is 0 Å². The zero-order chi connectivity index (χ0) is 26.5. The third kappa shape index (κ3) is 27.5. The van der Waals surface area contributed by atoms with Crippen LogP contribution < -0.4 is 0 Å². The van der Waals surface area contributed by atoms with Gasteiger partial charge in [-0.25, -0.2) is 0 Å². The number of hydrogen-bond donors (Lipinski definition) is 1. The molecule has 0 aromatic rings. The monoisotopic (exact) mass is 510 g/mol. The molecule has 1 atom stereocenters. The Balaban J connectivity index is 3.96. The minimum atomic E-state index is -0.692. The van der Waals surface area contributed by atoms with Crippen molar-refractivity contribution in [2.45, 2.75) is 193 Å². The lowest BCUT2D eigenvalue weighted by Gasteiger charge is -2.18. The van der Waals surface area contributed by atoms with Crippen molar-refractivity contribution in [3.05, 3.63) is 0 Å². The number of carbonyl (C=O) groups excluding carboxylic acids is 1. The Labute approximate surface area is 224 Å². The van der Waals surface area contributed by atoms with Gasteiger partial charge in [0.05, 0.1) is 0 Å². The summed E-state index contributed by atoms with van der Waals surface area (Å²) in [7, 11) is 0. The highest BCUT2D eigenvalue weighted by Crippen LogP contribution is 2.18. The molecule has 0 radical (unpaired) electrons. The van der Waals surface area contributed by atoms with Crippen LogP contribution in [-0.2, 0) is 14.3 Å². The largest absolute Gasteiger partial charge is 0.481 e. The van der Waals surface area contributed by atoms with E-state index in [1.54, 1.807) is 0 Å². The zero-order valence-corrected chi connectivity index (χ0v) is 24.3. The molecule has 0 rings (SSSR count). The summed E-state index contributed by atoms with van der Waals surface area (Å²) in [4.78, 5) is 23.1. The van der Waals surface area contributed by atoms with Gasteiger partial charge in [-0.05, 0) is 38.5 Å². The van der Waals surface area contributed by atoms with E-state index in [1.807, 2.05) is 0 Å². The van der Waals surface area contributed by atoms with Crippen molar-refractivity contribution < 1.29 is 19.4 Å². The minimum absolute atomic E-state index is 0.00979. The first-order valence-electron chi connectivity index (χ1n) is 16.0. The zero-order valence-electron chi connectivity index (χ0n) is 24.3. The topological polar surface area (TPSA) is 63.6 Å². The third-order valence-corrected chi connectivity index (χ3v) is 7.33. The molecule has 1 N–H and O–H groups in total. The van der Waals surface area contributed by atoms with Gasteiger partial charge in [-0.1, -0.05) is 136 Å². The van der Waals surface area contributed by atoms with Gasteiger partial charge in [0.2, 0.25) is 0 Å². The van der Waals surface area contributed by atoms with E-state index in [1.165, 1.54) is 89.9 Å². The molecular weight excluding hydrogens is 448 g/mol. The highest BCUT2D eigenvalue weighted by molar-refractivity contribution is 5.69. The summed E-state index contributed by atoms with van der Waals surface area (Å²) in [6.45, 7) is 4.51. The van der Waals surface area contributed by atoms with E-state index in [0.717, 1.165) is 70.6 Å². The smallest absolute Gasteiger partial charge is 0.306 e. The van der Waals surface area contributed by atoms with Crippen molar-refractivity contribution in [1.82, 2.24) is 0 Å². The van der Waals surface area contributed by atoms with E-state index >= 15 is 0 Å². The normalized spacial score (nSPS) is 12.1. The number of carbonyl (C=O) groups is 2. The van der Waals surface area contributed by atoms with E-state index in [2.05, 4.69) is 13.8 Å². The standard InChI is InChI=1S/C32H62O4/c1-3-5-7-9-11-12-13-14-15-21-25-29-32(35)36-30(26-22-18-10-8-6-4-2)27-23-19-16-17-20-24-28-31(33)34/h30H,3-29H2,1-2H3,(H,33,34). The van der Waals surface area contributed by atoms with Gasteiger partial charge >= 0.3 is 11.9 Å². The Morgan fingerprint density at radius 2 is 0.833 bits per heavy atom. The third-order valence-electron chi connectivity index (χ3n) is 7.33. The molecule has 0 fully saturated rings. The second-order valence-corrected chi connectivity index (χ2v) is 11.0. The fourth-order valence-corrected chi connectivity index (χ4v) is 4.95. The first-order valence-corrected chi connectivity index (χ1v) is 16.0. The number of hydrogen-bond acceptors (Lipinski definition) is 3. The van der Waals surface area contributed by atoms with Gasteiger partial charge in [0.1, 0.15) is 6.10 Å². The summed E-state index contributed by atoms with van der Waals surface area (Å²) in [5.74, 6) is -0.682. The molecule has 4 nitrogen and oxygen atoms in total. The molecule has 36 heavy (non-hydrogen) atoms. The minimum Gasteiger partial charge on any atom is -0.481 e. The average molecular weight is 511 g/mol. The van der Waals surface area contributed by atoms with Gasteiger partial charge in [-0.15, -0.1) is 0 Å². The van der Waals surface area contributed by atoms with Crippen molar-refractivity contribution >= 4 is 11.9 Å². The van der Waals surface area contributed by atoms with Crippen molar-refractivity contribution in [1.29, 1.82) is 0 Å². The van der Waals surface area contributed by atoms with Crippen LogP contribution in [0, 0.1) is 0 Å². The van der Waals surface area contributed by atoms with Crippen LogP contribution in [0.25, 0.3) is 0 Å². The molecule has 0 aliphatic rings. The van der Waals surface area contributed by atoms with Crippen LogP contribution in [0.15, 0.2) is 0 Å². The fraction of sp³-hybridized carbons (Fsp3) is 0.938. The molecule has 0 aliphatic carbocycles. The fourth-order valence-electron chi connectivity index (χ4n) is 4.95. The summed E-state index contributed by atoms with van der Waals surface area (Å²) in [6.07, 6.45) is 31.1. The van der Waals surface area contributed by atoms with Crippen LogP contribution in [0.5, 0.6) is 0 Å². The predicted molar refractivity (Wildman–Crippen MR) is 154 cm³/mol. The van der Waals surface area contributed by atoms with Crippen molar-refractivity contribution in [2.24, 2.45) is 0 Å². The van der Waals surface area contributed by atoms with Gasteiger partial charge in [0, 0.05) is 12.8 Å². The molecule has 0 aromatic carbocycles. The van der Waals surface area contributed by atoms with Gasteiger partial charge < -0.3 is 9.84 Å². The number of rotatable bonds is 29. The van der Waals surface area contributed by atoms with Crippen molar-refractivity contribution in [3.8, 4) is 0 Å². The molecule has 1 unspecified atom stereocenters. The Hall–Kier alpha value is -1.06. The lowest BCUT2D eigenvalue weighted by Crippen LogP contribution is -2.18. The van der Waals surface area contributed by atoms with Gasteiger partial charge in [0.15, 0.2) is 0 Å². The van der Waals surface area contributed by atoms with E-state index in [9.17, 15) is 9.59 Å². The average Bonchev–Trinajstić information content (AvgIpc) is 2.85. The molecular formula is C32H62O4. The van der Waals surface area contributed by atoms with Crippen LogP contribution in [0.3, 0.4) is 0 Å². The number of unbranched alkanes of at least 4 members (excludes halogenated alkanes) is 20. The molecule has 0 aromatic heterocycles. The first kappa shape index (κ1) is 34.9. The lowest BCUT2D eigenvalue weighted by atomic mass is 10.0. The number of esters is 1. The van der Waals surface area contributed by atoms with Crippen molar-refractivity contribution in [3.63, 3.8) is 0 Å². The SMILES string of the molecule is CCCCCCCCCCCCCC(=O)OC(CCCCCCCC)CCCCCCCCC(=O)O. The molecule has 0 amide bonds. The number of ether oxygens (including phenoxy) is 1. The number of aliphatic carboxylic acids is 1. The Kier molecular flexibility index (Phi) is 27.7. The lowest BCUT2D eigenvalue weighted by molar-refractivity contribution is -0.150. The second kappa shape index (κ2) is 28.5. The molecule has 0 saturated carbocycles. The highest BCUT2D eigenvalue weighted by Gasteiger charge is 2.14. The molecule has 0 aliphatic heterocycles. The van der Waals surface area contributed by atoms with Crippen LogP contribution in [0.2, 0.25) is 0 Å². The second-order valence-electron chi connectivity index (χ2n) is 11.0. The number of carboxylic acid groups (broad SMARTS) is 1. The Bertz CT molecular complexity index is 477. The summed E-state index contributed by atoms with van der Waals surface area (Å²) in [5.41, 5.74) is 0. The molecule has 214 valence electrons. The summed E-state index contributed by atoms with van der Waals surface area (Å²) >= 11 is 0. The molecule has 0 heterocycles. The molecule has 0 saturated heterocycles. The Morgan fingerprint density at radius 1 is 0.500 bits per heavy atom. The highest BCUT2D eigenvalue weighted by atomic mass is 16.5. The van der Waals surface area contributed by atoms with Crippen LogP contribution >= 0.6 is 0 Å². The van der Waals surface area contributed by atoms with Crippen molar-refractivity contribution in [2.75, 3.05) is 0 Å². The maximum Gasteiger partial charge on any atom is 0.306 e. The van der Waals surface area contributed by atoms with E-state index in [4.69, 9.17) is 9.84 Å². The Morgan fingerprint density at radius 3 is 1.22 bits per heavy atom. The van der Waals surface area contributed by atoms with Gasteiger partial charge in [-0.2, -0.15) is 0 Å². The number of carboxylic acids is 1. The van der Waals surface area contributed by atoms with Gasteiger partial charge in [0.25, 0.3) is 0 Å². The summed E-state index contributed by atoms with van der Waals surface area (Å²) in [6, 6.07) is 0. The summed E-state index contributed by atoms with van der Waals surface area (Å²) in [5, 5.41) is 8.72. The maximum absolute atomic E-state index is 12.5. The first-order chi connectivity index (χ1) is 17.6. The predicted octanol–water partition coefficient (Wildman–Crippen LogP) is 10.6. The van der Waals surface area contributed by atoms with E-state index in [0.29, 0.717) is 6.42 Å². The summed E-state index contributed by atoms with van der Waals surface area (Å²) < 4.78 is 5.94. The van der Waals surface area contributed by atoms with Gasteiger partial charge in [-0.3, -0.25) is 9.59 Å².